The Balaban J connectivity index is 1.35. The molecule has 5 heteroatoms. The molecule has 0 saturated heterocycles. The number of nitrogens with zero attached hydrogens (tertiary/aromatic N) is 3. The second kappa shape index (κ2) is 14.3. The molecule has 3 heterocycles. The summed E-state index contributed by atoms with van der Waals surface area (Å²) in [6.45, 7) is 20.8. The van der Waals surface area contributed by atoms with Gasteiger partial charge >= 0.3 is 0 Å². The van der Waals surface area contributed by atoms with E-state index in [1.807, 2.05) is 11.3 Å². The molecule has 2 aliphatic rings. The van der Waals surface area contributed by atoms with Crippen LogP contribution >= 0.6 is 11.3 Å². The SMILES string of the molecule is CC(C)(C)c1ccc(N2c3ccc(C(C)(C)C)cc3B3c4sc5ccccc5c4N(c4ccc(C(C)(C)C)cc4)c4cc(N(c5ccccc5)c5ccccc5)cc2c43)cc1. The Morgan fingerprint density at radius 3 is 1.46 bits per heavy atom. The fourth-order valence-corrected chi connectivity index (χ4v) is 10.7. The van der Waals surface area contributed by atoms with Crippen LogP contribution in [0.15, 0.2) is 164 Å². The highest BCUT2D eigenvalue weighted by atomic mass is 32.1. The molecule has 0 amide bonds. The van der Waals surface area contributed by atoms with Crippen LogP contribution in [-0.2, 0) is 16.2 Å². The lowest BCUT2D eigenvalue weighted by atomic mass is 9.36. The number of anilines is 9. The van der Waals surface area contributed by atoms with Crippen LogP contribution in [0.25, 0.3) is 10.1 Å². The smallest absolute Gasteiger partial charge is 0.264 e. The summed E-state index contributed by atoms with van der Waals surface area (Å²) >= 11 is 1.96. The highest BCUT2D eigenvalue weighted by Crippen LogP contribution is 2.51. The highest BCUT2D eigenvalue weighted by Gasteiger charge is 2.46. The van der Waals surface area contributed by atoms with Crippen LogP contribution in [0.4, 0.5) is 51.2 Å². The number of fused-ring (bicyclic) bond motifs is 6. The molecule has 61 heavy (non-hydrogen) atoms. The Hall–Kier alpha value is -6.04. The predicted octanol–water partition coefficient (Wildman–Crippen LogP) is 14.3. The zero-order valence-corrected chi connectivity index (χ0v) is 37.7. The monoisotopic (exact) mass is 811 g/mol. The first kappa shape index (κ1) is 39.1. The molecular weight excluding hydrogens is 758 g/mol. The second-order valence-corrected chi connectivity index (χ2v) is 21.0. The van der Waals surface area contributed by atoms with E-state index < -0.39 is 0 Å². The molecule has 0 N–H and O–H groups in total. The van der Waals surface area contributed by atoms with Crippen LogP contribution in [0.5, 0.6) is 0 Å². The minimum absolute atomic E-state index is 0.0223. The summed E-state index contributed by atoms with van der Waals surface area (Å²) in [7, 11) is 0. The summed E-state index contributed by atoms with van der Waals surface area (Å²) in [5.41, 5.74) is 17.3. The summed E-state index contributed by atoms with van der Waals surface area (Å²) in [6.07, 6.45) is 0. The van der Waals surface area contributed by atoms with E-state index in [1.165, 1.54) is 65.2 Å². The Bertz CT molecular complexity index is 2870. The molecule has 0 radical (unpaired) electrons. The average molecular weight is 812 g/mol. The Kier molecular flexibility index (Phi) is 9.16. The van der Waals surface area contributed by atoms with E-state index in [2.05, 4.69) is 241 Å². The van der Waals surface area contributed by atoms with E-state index in [1.54, 1.807) is 0 Å². The lowest BCUT2D eigenvalue weighted by molar-refractivity contribution is 0.590. The molecule has 0 saturated carbocycles. The van der Waals surface area contributed by atoms with Gasteiger partial charge in [0, 0.05) is 54.7 Å². The predicted molar refractivity (Wildman–Crippen MR) is 267 cm³/mol. The molecule has 0 fully saturated rings. The highest BCUT2D eigenvalue weighted by molar-refractivity contribution is 7.33. The van der Waals surface area contributed by atoms with Crippen molar-refractivity contribution in [3.05, 3.63) is 180 Å². The molecular formula is C56H54BN3S. The molecule has 0 bridgehead atoms. The normalized spacial score (nSPS) is 13.6. The molecule has 0 unspecified atom stereocenters. The number of hydrogen-bond donors (Lipinski definition) is 0. The molecule has 0 aliphatic carbocycles. The Morgan fingerprint density at radius 2 is 0.918 bits per heavy atom. The third-order valence-corrected chi connectivity index (χ3v) is 13.9. The molecule has 2 aliphatic heterocycles. The fourth-order valence-electron chi connectivity index (χ4n) is 9.38. The van der Waals surface area contributed by atoms with Crippen LogP contribution < -0.4 is 30.4 Å². The second-order valence-electron chi connectivity index (χ2n) is 19.9. The van der Waals surface area contributed by atoms with Crippen LogP contribution in [0.1, 0.15) is 79.0 Å². The summed E-state index contributed by atoms with van der Waals surface area (Å²) in [4.78, 5) is 7.57. The van der Waals surface area contributed by atoms with Gasteiger partial charge in [-0.3, -0.25) is 0 Å². The van der Waals surface area contributed by atoms with E-state index in [0.717, 1.165) is 28.4 Å². The van der Waals surface area contributed by atoms with E-state index in [9.17, 15) is 0 Å². The lowest BCUT2D eigenvalue weighted by Crippen LogP contribution is -2.60. The molecule has 8 aromatic rings. The average Bonchev–Trinajstić information content (AvgIpc) is 3.62. The van der Waals surface area contributed by atoms with E-state index in [4.69, 9.17) is 0 Å². The standard InChI is InChI=1S/C56H54BN3S/c1-54(2,3)37-24-29-42(30-25-37)59-47-33-28-39(56(7,8)9)34-46(47)57-51-48(59)35-44(58(40-18-12-10-13-19-40)41-20-14-11-15-21-41)36-49(51)60(43-31-26-38(27-32-43)55(4,5)6)52-45-22-16-17-23-50(45)61-53(52)57/h10-36H,1-9H3. The lowest BCUT2D eigenvalue weighted by Gasteiger charge is -2.44. The third kappa shape index (κ3) is 6.66. The number of para-hydroxylation sites is 2. The molecule has 1 aromatic heterocycles. The zero-order chi connectivity index (χ0) is 42.4. The number of hydrogen-bond acceptors (Lipinski definition) is 4. The zero-order valence-electron chi connectivity index (χ0n) is 36.9. The van der Waals surface area contributed by atoms with Gasteiger partial charge in [0.1, 0.15) is 0 Å². The maximum absolute atomic E-state index is 2.59. The number of rotatable bonds is 5. The van der Waals surface area contributed by atoms with Gasteiger partial charge in [-0.15, -0.1) is 11.3 Å². The summed E-state index contributed by atoms with van der Waals surface area (Å²) in [5.74, 6) is 0. The number of benzene rings is 7. The molecule has 302 valence electrons. The van der Waals surface area contributed by atoms with Gasteiger partial charge in [-0.05, 0) is 117 Å². The van der Waals surface area contributed by atoms with Crippen LogP contribution in [0.2, 0.25) is 0 Å². The molecule has 10 rings (SSSR count). The summed E-state index contributed by atoms with van der Waals surface area (Å²) in [6, 6.07) is 61.6. The quantitative estimate of drug-likeness (QED) is 0.160. The molecule has 3 nitrogen and oxygen atoms in total. The van der Waals surface area contributed by atoms with Gasteiger partial charge in [0.2, 0.25) is 0 Å². The van der Waals surface area contributed by atoms with Gasteiger partial charge in [0.05, 0.1) is 11.4 Å². The molecule has 0 atom stereocenters. The van der Waals surface area contributed by atoms with Crippen LogP contribution in [0, 0.1) is 0 Å². The largest absolute Gasteiger partial charge is 0.311 e. The van der Waals surface area contributed by atoms with E-state index >= 15 is 0 Å². The van der Waals surface area contributed by atoms with Crippen molar-refractivity contribution in [1.29, 1.82) is 0 Å². The fraction of sp³-hybridized carbons (Fsp3) is 0.214. The summed E-state index contributed by atoms with van der Waals surface area (Å²) < 4.78 is 2.70. The van der Waals surface area contributed by atoms with Crippen molar-refractivity contribution < 1.29 is 0 Å². The van der Waals surface area contributed by atoms with Crippen molar-refractivity contribution in [3.8, 4) is 0 Å². The van der Waals surface area contributed by atoms with Gasteiger partial charge in [-0.2, -0.15) is 0 Å². The van der Waals surface area contributed by atoms with Crippen molar-refractivity contribution >= 4 is 95.0 Å². The minimum atomic E-state index is -0.0223. The first-order valence-corrected chi connectivity index (χ1v) is 22.5. The van der Waals surface area contributed by atoms with Crippen LogP contribution in [0.3, 0.4) is 0 Å². The van der Waals surface area contributed by atoms with Crippen molar-refractivity contribution in [3.63, 3.8) is 0 Å². The topological polar surface area (TPSA) is 9.72 Å². The van der Waals surface area contributed by atoms with Gasteiger partial charge in [-0.1, -0.05) is 153 Å². The first-order valence-electron chi connectivity index (χ1n) is 21.7. The van der Waals surface area contributed by atoms with Crippen LogP contribution in [-0.4, -0.2) is 6.71 Å². The first-order chi connectivity index (χ1) is 29.2. The van der Waals surface area contributed by atoms with Gasteiger partial charge < -0.3 is 14.7 Å². The van der Waals surface area contributed by atoms with Gasteiger partial charge in [-0.25, -0.2) is 0 Å². The van der Waals surface area contributed by atoms with Gasteiger partial charge in [0.25, 0.3) is 6.71 Å². The summed E-state index contributed by atoms with van der Waals surface area (Å²) in [5, 5.41) is 1.29. The number of thiophene rings is 1. The van der Waals surface area contributed by atoms with Crippen molar-refractivity contribution in [2.75, 3.05) is 14.7 Å². The van der Waals surface area contributed by atoms with E-state index in [-0.39, 0.29) is 23.0 Å². The molecule has 7 aromatic carbocycles. The Morgan fingerprint density at radius 1 is 0.443 bits per heavy atom. The van der Waals surface area contributed by atoms with Crippen molar-refractivity contribution in [2.45, 2.75) is 78.6 Å². The molecule has 0 spiro atoms. The maximum atomic E-state index is 2.59. The third-order valence-electron chi connectivity index (χ3n) is 12.7. The minimum Gasteiger partial charge on any atom is -0.311 e. The van der Waals surface area contributed by atoms with Crippen molar-refractivity contribution in [1.82, 2.24) is 0 Å². The van der Waals surface area contributed by atoms with Crippen molar-refractivity contribution in [2.24, 2.45) is 0 Å². The van der Waals surface area contributed by atoms with E-state index in [0.29, 0.717) is 0 Å². The van der Waals surface area contributed by atoms with Gasteiger partial charge in [0.15, 0.2) is 0 Å². The Labute approximate surface area is 367 Å². The maximum Gasteiger partial charge on any atom is 0.264 e.